The van der Waals surface area contributed by atoms with Gasteiger partial charge in [-0.15, -0.1) is 0 Å². The van der Waals surface area contributed by atoms with Gasteiger partial charge in [-0.3, -0.25) is 4.79 Å². The van der Waals surface area contributed by atoms with Crippen LogP contribution in [-0.2, 0) is 4.79 Å². The number of likely N-dealkylation sites (N-methyl/N-ethyl adjacent to an activating group) is 1. The van der Waals surface area contributed by atoms with Crippen LogP contribution in [0.2, 0.25) is 5.02 Å². The van der Waals surface area contributed by atoms with Crippen molar-refractivity contribution in [2.45, 2.75) is 26.3 Å². The first kappa shape index (κ1) is 12.9. The van der Waals surface area contributed by atoms with Gasteiger partial charge < -0.3 is 4.90 Å². The van der Waals surface area contributed by atoms with E-state index < -0.39 is 5.54 Å². The van der Waals surface area contributed by atoms with Gasteiger partial charge in [0.05, 0.1) is 5.69 Å². The number of imide groups is 1. The number of carbonyl (C=O) groups excluding carboxylic acids is 2. The molecular weight excluding hydrogens is 252 g/mol. The molecule has 5 heteroatoms. The third-order valence-corrected chi connectivity index (χ3v) is 3.44. The number of hydrogen-bond donors (Lipinski definition) is 0. The Morgan fingerprint density at radius 2 is 1.94 bits per heavy atom. The lowest BCUT2D eigenvalue weighted by atomic mass is 10.0. The van der Waals surface area contributed by atoms with Gasteiger partial charge in [0.25, 0.3) is 5.91 Å². The molecule has 3 amide bonds. The summed E-state index contributed by atoms with van der Waals surface area (Å²) in [5.74, 6) is -0.225. The molecular formula is C13H15ClN2O2. The maximum Gasteiger partial charge on any atom is 0.332 e. The Labute approximate surface area is 111 Å². The van der Waals surface area contributed by atoms with Crippen LogP contribution >= 0.6 is 11.6 Å². The molecule has 1 aromatic rings. The molecule has 0 atom stereocenters. The van der Waals surface area contributed by atoms with Crippen LogP contribution in [0.25, 0.3) is 0 Å². The molecule has 1 aliphatic heterocycles. The number of anilines is 1. The molecule has 18 heavy (non-hydrogen) atoms. The lowest BCUT2D eigenvalue weighted by Gasteiger charge is -2.25. The second-order valence-electron chi connectivity index (χ2n) is 4.71. The minimum Gasteiger partial charge on any atom is -0.310 e. The minimum absolute atomic E-state index is 0.225. The van der Waals surface area contributed by atoms with Crippen molar-refractivity contribution in [3.63, 3.8) is 0 Å². The van der Waals surface area contributed by atoms with Crippen LogP contribution in [-0.4, -0.2) is 28.9 Å². The molecule has 1 aliphatic rings. The highest BCUT2D eigenvalue weighted by Crippen LogP contribution is 2.32. The number of nitrogens with zero attached hydrogens (tertiary/aromatic N) is 2. The van der Waals surface area contributed by atoms with E-state index in [0.29, 0.717) is 17.3 Å². The summed E-state index contributed by atoms with van der Waals surface area (Å²) in [6, 6.07) is 6.46. The quantitative estimate of drug-likeness (QED) is 0.773. The van der Waals surface area contributed by atoms with Gasteiger partial charge in [-0.25, -0.2) is 9.69 Å². The third-order valence-electron chi connectivity index (χ3n) is 3.21. The lowest BCUT2D eigenvalue weighted by molar-refractivity contribution is -0.123. The first-order valence-corrected chi connectivity index (χ1v) is 6.19. The number of benzene rings is 1. The Morgan fingerprint density at radius 1 is 1.28 bits per heavy atom. The molecule has 1 saturated heterocycles. The van der Waals surface area contributed by atoms with E-state index in [4.69, 9.17) is 11.6 Å². The number of carbonyl (C=O) groups is 2. The van der Waals surface area contributed by atoms with E-state index in [0.717, 1.165) is 0 Å². The van der Waals surface area contributed by atoms with Gasteiger partial charge >= 0.3 is 6.03 Å². The maximum absolute atomic E-state index is 12.3. The molecule has 0 spiro atoms. The van der Waals surface area contributed by atoms with Crippen molar-refractivity contribution in [3.8, 4) is 0 Å². The van der Waals surface area contributed by atoms with Crippen LogP contribution in [0.5, 0.6) is 0 Å². The van der Waals surface area contributed by atoms with Crippen LogP contribution in [0, 0.1) is 0 Å². The van der Waals surface area contributed by atoms with E-state index in [1.54, 1.807) is 43.0 Å². The molecule has 2 rings (SSSR count). The molecule has 0 unspecified atom stereocenters. The largest absolute Gasteiger partial charge is 0.332 e. The van der Waals surface area contributed by atoms with Gasteiger partial charge in [-0.1, -0.05) is 17.7 Å². The summed E-state index contributed by atoms with van der Waals surface area (Å²) in [4.78, 5) is 27.3. The van der Waals surface area contributed by atoms with Crippen LogP contribution in [0.15, 0.2) is 24.3 Å². The first-order chi connectivity index (χ1) is 8.39. The van der Waals surface area contributed by atoms with Gasteiger partial charge in [-0.05, 0) is 39.0 Å². The fraction of sp³-hybridized carbons (Fsp3) is 0.385. The second-order valence-corrected chi connectivity index (χ2v) is 5.14. The van der Waals surface area contributed by atoms with E-state index >= 15 is 0 Å². The molecule has 0 N–H and O–H groups in total. The maximum atomic E-state index is 12.3. The Morgan fingerprint density at radius 3 is 2.44 bits per heavy atom. The summed E-state index contributed by atoms with van der Waals surface area (Å²) >= 11 is 5.90. The van der Waals surface area contributed by atoms with Crippen LogP contribution in [0.4, 0.5) is 10.5 Å². The highest BCUT2D eigenvalue weighted by Gasteiger charge is 2.51. The van der Waals surface area contributed by atoms with Crippen LogP contribution in [0.1, 0.15) is 20.8 Å². The van der Waals surface area contributed by atoms with Crippen molar-refractivity contribution in [3.05, 3.63) is 29.3 Å². The molecule has 1 heterocycles. The van der Waals surface area contributed by atoms with Crippen molar-refractivity contribution in [1.82, 2.24) is 4.90 Å². The van der Waals surface area contributed by atoms with Gasteiger partial charge in [0.15, 0.2) is 0 Å². The molecule has 4 nitrogen and oxygen atoms in total. The van der Waals surface area contributed by atoms with Crippen molar-refractivity contribution < 1.29 is 9.59 Å². The summed E-state index contributed by atoms with van der Waals surface area (Å²) in [5, 5.41) is 0.501. The number of hydrogen-bond acceptors (Lipinski definition) is 2. The van der Waals surface area contributed by atoms with Crippen LogP contribution in [0.3, 0.4) is 0 Å². The van der Waals surface area contributed by atoms with Crippen molar-refractivity contribution in [1.29, 1.82) is 0 Å². The monoisotopic (exact) mass is 266 g/mol. The molecule has 1 fully saturated rings. The first-order valence-electron chi connectivity index (χ1n) is 5.81. The van der Waals surface area contributed by atoms with E-state index in [-0.39, 0.29) is 11.9 Å². The highest BCUT2D eigenvalue weighted by atomic mass is 35.5. The highest BCUT2D eigenvalue weighted by molar-refractivity contribution is 6.31. The number of rotatable bonds is 2. The molecule has 1 aromatic carbocycles. The van der Waals surface area contributed by atoms with Gasteiger partial charge in [0.1, 0.15) is 5.54 Å². The average molecular weight is 267 g/mol. The topological polar surface area (TPSA) is 40.6 Å². The summed E-state index contributed by atoms with van der Waals surface area (Å²) in [7, 11) is 0. The second kappa shape index (κ2) is 4.28. The summed E-state index contributed by atoms with van der Waals surface area (Å²) in [6.45, 7) is 5.85. The molecule has 0 radical (unpaired) electrons. The summed E-state index contributed by atoms with van der Waals surface area (Å²) < 4.78 is 0. The van der Waals surface area contributed by atoms with Gasteiger partial charge in [-0.2, -0.15) is 0 Å². The molecule has 0 bridgehead atoms. The van der Waals surface area contributed by atoms with Crippen LogP contribution < -0.4 is 4.90 Å². The lowest BCUT2D eigenvalue weighted by Crippen LogP contribution is -2.43. The van der Waals surface area contributed by atoms with E-state index in [2.05, 4.69) is 0 Å². The van der Waals surface area contributed by atoms with E-state index in [9.17, 15) is 9.59 Å². The zero-order valence-electron chi connectivity index (χ0n) is 10.6. The van der Waals surface area contributed by atoms with Crippen molar-refractivity contribution >= 4 is 29.2 Å². The standard InChI is InChI=1S/C13H15ClN2O2/c1-4-15-12(18)16(11(17)13(15,2)3)10-7-5-6-9(14)8-10/h5-8H,4H2,1-3H3. The van der Waals surface area contributed by atoms with Crippen molar-refractivity contribution in [2.75, 3.05) is 11.4 Å². The number of halogens is 1. The molecule has 0 aliphatic carbocycles. The summed E-state index contributed by atoms with van der Waals surface area (Å²) in [6.07, 6.45) is 0. The van der Waals surface area contributed by atoms with E-state index in [1.807, 2.05) is 6.92 Å². The number of amides is 3. The Balaban J connectivity index is 2.47. The predicted molar refractivity (Wildman–Crippen MR) is 70.8 cm³/mol. The molecule has 0 aromatic heterocycles. The third kappa shape index (κ3) is 1.77. The Kier molecular flexibility index (Phi) is 3.07. The zero-order valence-corrected chi connectivity index (χ0v) is 11.4. The minimum atomic E-state index is -0.811. The van der Waals surface area contributed by atoms with Crippen molar-refractivity contribution in [2.24, 2.45) is 0 Å². The predicted octanol–water partition coefficient (Wildman–Crippen LogP) is 2.91. The normalized spacial score (nSPS) is 18.7. The van der Waals surface area contributed by atoms with E-state index in [1.165, 1.54) is 4.90 Å². The molecule has 0 saturated carbocycles. The molecule has 96 valence electrons. The fourth-order valence-corrected chi connectivity index (χ4v) is 2.39. The Bertz CT molecular complexity index is 513. The van der Waals surface area contributed by atoms with Gasteiger partial charge in [0.2, 0.25) is 0 Å². The summed E-state index contributed by atoms with van der Waals surface area (Å²) in [5.41, 5.74) is -0.296. The smallest absolute Gasteiger partial charge is 0.310 e. The number of urea groups is 1. The zero-order chi connectivity index (χ0) is 13.5. The Hall–Kier alpha value is -1.55. The SMILES string of the molecule is CCN1C(=O)N(c2cccc(Cl)c2)C(=O)C1(C)C. The average Bonchev–Trinajstić information content (AvgIpc) is 2.46. The van der Waals surface area contributed by atoms with Gasteiger partial charge in [0, 0.05) is 11.6 Å². The fourth-order valence-electron chi connectivity index (χ4n) is 2.21.